The van der Waals surface area contributed by atoms with Gasteiger partial charge in [0.1, 0.15) is 0 Å². The van der Waals surface area contributed by atoms with Crippen molar-refractivity contribution < 1.29 is 19.2 Å². The second kappa shape index (κ2) is 40.3. The molecule has 0 aliphatic carbocycles. The minimum absolute atomic E-state index is 0.0330. The van der Waals surface area contributed by atoms with Gasteiger partial charge in [0.2, 0.25) is 23.6 Å². The van der Waals surface area contributed by atoms with Gasteiger partial charge in [0.25, 0.3) is 0 Å². The van der Waals surface area contributed by atoms with Crippen molar-refractivity contribution in [1.29, 1.82) is 0 Å². The summed E-state index contributed by atoms with van der Waals surface area (Å²) in [7, 11) is 0. The van der Waals surface area contributed by atoms with Gasteiger partial charge in [-0.25, -0.2) is 0 Å². The Morgan fingerprint density at radius 2 is 0.487 bits per heavy atom. The predicted molar refractivity (Wildman–Crippen MR) is 318 cm³/mol. The number of unbranched alkanes of at least 4 members (excludes halogenated alkanes) is 23. The van der Waals surface area contributed by atoms with E-state index in [1.807, 2.05) is 97.1 Å². The highest BCUT2D eigenvalue weighted by atomic mass is 16.2. The molecule has 0 saturated heterocycles. The van der Waals surface area contributed by atoms with Crippen LogP contribution in [0, 0.1) is 47.4 Å². The van der Waals surface area contributed by atoms with Gasteiger partial charge in [-0.2, -0.15) is 0 Å². The summed E-state index contributed by atoms with van der Waals surface area (Å²) in [5.41, 5.74) is 6.12. The molecule has 402 valence electrons. The van der Waals surface area contributed by atoms with Crippen molar-refractivity contribution in [2.24, 2.45) is 0 Å². The zero-order valence-electron chi connectivity index (χ0n) is 46.1. The number of carbonyl (C=O) groups excluding carboxylic acids is 4. The summed E-state index contributed by atoms with van der Waals surface area (Å²) in [5, 5.41) is 12.0. The van der Waals surface area contributed by atoms with Crippen molar-refractivity contribution in [3.63, 3.8) is 0 Å². The number of hydrogen-bond acceptors (Lipinski definition) is 4. The fourth-order valence-corrected chi connectivity index (χ4v) is 8.83. The Morgan fingerprint density at radius 3 is 0.697 bits per heavy atom. The molecule has 0 aromatic heterocycles. The molecule has 0 bridgehead atoms. The molecule has 76 heavy (non-hydrogen) atoms. The Morgan fingerprint density at radius 1 is 0.289 bits per heavy atom. The maximum atomic E-state index is 12.6. The third-order valence-electron chi connectivity index (χ3n) is 13.1. The lowest BCUT2D eigenvalue weighted by atomic mass is 10.0. The molecule has 4 amide bonds. The zero-order chi connectivity index (χ0) is 53.9. The predicted octanol–water partition coefficient (Wildman–Crippen LogP) is 16.7. The van der Waals surface area contributed by atoms with Gasteiger partial charge < -0.3 is 21.3 Å². The van der Waals surface area contributed by atoms with Crippen molar-refractivity contribution in [1.82, 2.24) is 0 Å². The first-order chi connectivity index (χ1) is 37.3. The van der Waals surface area contributed by atoms with E-state index in [1.54, 1.807) is 0 Å². The molecule has 0 spiro atoms. The Labute approximate surface area is 458 Å². The van der Waals surface area contributed by atoms with Gasteiger partial charge in [-0.1, -0.05) is 203 Å². The maximum absolute atomic E-state index is 12.6. The van der Waals surface area contributed by atoms with Crippen LogP contribution in [0.1, 0.15) is 229 Å². The topological polar surface area (TPSA) is 116 Å². The van der Waals surface area contributed by atoms with E-state index in [2.05, 4.69) is 82.5 Å². The second-order valence-electron chi connectivity index (χ2n) is 20.0. The van der Waals surface area contributed by atoms with Gasteiger partial charge in [-0.05, 0) is 122 Å². The lowest BCUT2D eigenvalue weighted by Gasteiger charge is -2.06. The summed E-state index contributed by atoms with van der Waals surface area (Å²) >= 11 is 0. The molecular formula is C68H86N4O4. The van der Waals surface area contributed by atoms with Gasteiger partial charge >= 0.3 is 0 Å². The highest BCUT2D eigenvalue weighted by Crippen LogP contribution is 2.18. The van der Waals surface area contributed by atoms with Gasteiger partial charge in [0.15, 0.2) is 0 Å². The quantitative estimate of drug-likeness (QED) is 0.0271. The van der Waals surface area contributed by atoms with Crippen LogP contribution in [-0.4, -0.2) is 23.6 Å². The summed E-state index contributed by atoms with van der Waals surface area (Å²) in [6, 6.07) is 30.2. The molecule has 0 fully saturated rings. The van der Waals surface area contributed by atoms with Crippen molar-refractivity contribution in [3.8, 4) is 47.4 Å². The van der Waals surface area contributed by atoms with Crippen molar-refractivity contribution in [2.75, 3.05) is 21.3 Å². The number of amides is 4. The maximum Gasteiger partial charge on any atom is 0.224 e. The molecule has 0 atom stereocenters. The summed E-state index contributed by atoms with van der Waals surface area (Å²) in [5.74, 6) is 24.1. The van der Waals surface area contributed by atoms with E-state index >= 15 is 0 Å². The van der Waals surface area contributed by atoms with Gasteiger partial charge in [-0.3, -0.25) is 19.2 Å². The van der Waals surface area contributed by atoms with Crippen LogP contribution in [0.2, 0.25) is 0 Å². The zero-order valence-corrected chi connectivity index (χ0v) is 46.1. The fourth-order valence-electron chi connectivity index (χ4n) is 8.83. The molecule has 0 saturated carbocycles. The monoisotopic (exact) mass is 1020 g/mol. The SMILES string of the molecule is CCCCCCCC(=O)Nc1cccc(C#CC#Cc2cccc(NC(=O)CCCCCCCCCCCCCCCCCCC(=O)Nc3cccc(C#CC#Cc4cccc(NC(=O)CCCCCCC)c4)c3)c2)c1. The van der Waals surface area contributed by atoms with E-state index in [0.717, 1.165) is 96.4 Å². The summed E-state index contributed by atoms with van der Waals surface area (Å²) in [6.07, 6.45) is 32.4. The molecule has 4 N–H and O–H groups in total. The van der Waals surface area contributed by atoms with E-state index in [0.29, 0.717) is 25.7 Å². The summed E-state index contributed by atoms with van der Waals surface area (Å²) < 4.78 is 0. The van der Waals surface area contributed by atoms with E-state index < -0.39 is 0 Å². The Hall–Kier alpha value is -7.00. The molecule has 0 heterocycles. The molecule has 0 radical (unpaired) electrons. The molecule has 4 aromatic carbocycles. The molecule has 0 unspecified atom stereocenters. The highest BCUT2D eigenvalue weighted by molar-refractivity contribution is 5.92. The largest absolute Gasteiger partial charge is 0.326 e. The van der Waals surface area contributed by atoms with Gasteiger partial charge in [0.05, 0.1) is 0 Å². The highest BCUT2D eigenvalue weighted by Gasteiger charge is 2.07. The van der Waals surface area contributed by atoms with Crippen molar-refractivity contribution in [3.05, 3.63) is 119 Å². The molecule has 4 aromatic rings. The van der Waals surface area contributed by atoms with Gasteiger partial charge in [0, 0.05) is 70.7 Å². The van der Waals surface area contributed by atoms with Crippen molar-refractivity contribution in [2.45, 2.75) is 206 Å². The smallest absolute Gasteiger partial charge is 0.224 e. The Balaban J connectivity index is 0.941. The average Bonchev–Trinajstić information content (AvgIpc) is 3.41. The van der Waals surface area contributed by atoms with Crippen LogP contribution in [0.3, 0.4) is 0 Å². The Kier molecular flexibility index (Phi) is 32.7. The van der Waals surface area contributed by atoms with Crippen molar-refractivity contribution >= 4 is 46.4 Å². The standard InChI is InChI=1S/C68H86N4O4/c1-3-5-7-21-25-49-65(73)69-61-45-33-41-57(53-61)37-29-31-39-59-43-35-47-63(55-59)71-67(75)51-27-23-19-17-15-13-11-9-10-12-14-16-18-20-24-28-52-68(76)72-64-48-36-44-60(56-64)40-32-30-38-58-42-34-46-62(54-58)70-66(74)50-26-22-8-6-4-2/h33-36,41-48,53-56H,3-28,49-52H2,1-2H3,(H,69,73)(H,70,74)(H,71,75)(H,72,76). The summed E-state index contributed by atoms with van der Waals surface area (Å²) in [4.78, 5) is 49.9. The minimum atomic E-state index is 0.0330. The molecule has 4 rings (SSSR count). The van der Waals surface area contributed by atoms with E-state index in [9.17, 15) is 19.2 Å². The third-order valence-corrected chi connectivity index (χ3v) is 13.1. The van der Waals surface area contributed by atoms with Crippen LogP contribution in [0.4, 0.5) is 22.7 Å². The normalized spacial score (nSPS) is 10.3. The molecular weight excluding hydrogens is 937 g/mol. The number of benzene rings is 4. The lowest BCUT2D eigenvalue weighted by molar-refractivity contribution is -0.117. The molecule has 8 nitrogen and oxygen atoms in total. The number of anilines is 4. The number of nitrogens with one attached hydrogen (secondary N) is 4. The first-order valence-corrected chi connectivity index (χ1v) is 28.9. The van der Waals surface area contributed by atoms with Crippen LogP contribution >= 0.6 is 0 Å². The average molecular weight is 1020 g/mol. The first kappa shape index (κ1) is 61.5. The van der Waals surface area contributed by atoms with E-state index in [1.165, 1.54) is 116 Å². The third kappa shape index (κ3) is 30.4. The summed E-state index contributed by atoms with van der Waals surface area (Å²) in [6.45, 7) is 4.37. The first-order valence-electron chi connectivity index (χ1n) is 28.9. The van der Waals surface area contributed by atoms with E-state index in [4.69, 9.17) is 0 Å². The van der Waals surface area contributed by atoms with Crippen LogP contribution < -0.4 is 21.3 Å². The molecule has 0 aliphatic rings. The Bertz CT molecular complexity index is 2440. The number of hydrogen-bond donors (Lipinski definition) is 4. The van der Waals surface area contributed by atoms with Gasteiger partial charge in [-0.15, -0.1) is 0 Å². The van der Waals surface area contributed by atoms with E-state index in [-0.39, 0.29) is 23.6 Å². The second-order valence-corrected chi connectivity index (χ2v) is 20.0. The van der Waals surface area contributed by atoms with Crippen LogP contribution in [0.25, 0.3) is 0 Å². The fraction of sp³-hybridized carbons (Fsp3) is 0.471. The minimum Gasteiger partial charge on any atom is -0.326 e. The number of carbonyl (C=O) groups is 4. The molecule has 0 aliphatic heterocycles. The number of rotatable bonds is 35. The molecule has 8 heteroatoms. The van der Waals surface area contributed by atoms with Crippen LogP contribution in [-0.2, 0) is 19.2 Å². The lowest BCUT2D eigenvalue weighted by Crippen LogP contribution is -2.11. The van der Waals surface area contributed by atoms with Crippen LogP contribution in [0.5, 0.6) is 0 Å². The van der Waals surface area contributed by atoms with Crippen LogP contribution in [0.15, 0.2) is 97.1 Å².